The number of aromatic nitrogens is 2. The third-order valence-electron chi connectivity index (χ3n) is 3.54. The molecule has 0 unspecified atom stereocenters. The van der Waals surface area contributed by atoms with Crippen LogP contribution in [-0.2, 0) is 23.1 Å². The molecular weight excluding hydrogens is 348 g/mol. The van der Waals surface area contributed by atoms with Crippen LogP contribution in [-0.4, -0.2) is 18.2 Å². The van der Waals surface area contributed by atoms with Gasteiger partial charge < -0.3 is 0 Å². The van der Waals surface area contributed by atoms with Gasteiger partial charge in [0.2, 0.25) is 10.0 Å². The molecule has 0 aliphatic rings. The minimum Gasteiger partial charge on any atom is -0.268 e. The van der Waals surface area contributed by atoms with Crippen LogP contribution >= 0.6 is 0 Å². The fourth-order valence-corrected chi connectivity index (χ4v) is 3.35. The van der Waals surface area contributed by atoms with Gasteiger partial charge in [0.25, 0.3) is 0 Å². The predicted octanol–water partition coefficient (Wildman–Crippen LogP) is 2.69. The van der Waals surface area contributed by atoms with E-state index in [9.17, 15) is 17.2 Å². The molecule has 0 saturated carbocycles. The van der Waals surface area contributed by atoms with E-state index in [4.69, 9.17) is 0 Å². The molecule has 5 nitrogen and oxygen atoms in total. The van der Waals surface area contributed by atoms with Gasteiger partial charge in [0.05, 0.1) is 11.4 Å². The average Bonchev–Trinajstić information content (AvgIpc) is 3.06. The van der Waals surface area contributed by atoms with Gasteiger partial charge in [0.15, 0.2) is 0 Å². The molecule has 0 aliphatic carbocycles. The second-order valence-corrected chi connectivity index (χ2v) is 7.22. The summed E-state index contributed by atoms with van der Waals surface area (Å²) in [4.78, 5) is -0.444. The molecule has 0 saturated heterocycles. The zero-order valence-electron chi connectivity index (χ0n) is 13.1. The average molecular weight is 363 g/mol. The summed E-state index contributed by atoms with van der Waals surface area (Å²) in [6.45, 7) is 0.629. The van der Waals surface area contributed by atoms with Crippen molar-refractivity contribution in [1.29, 1.82) is 0 Å². The standard InChI is InChI=1S/C17H15F2N3O2S/c18-15-8-16(19)10-17(9-15)25(23,24)21-11-13-2-4-14(5-3-13)12-22-7-1-6-20-22/h1-10,21H,11-12H2. The zero-order valence-corrected chi connectivity index (χ0v) is 13.9. The molecule has 0 atom stereocenters. The van der Waals surface area contributed by atoms with Gasteiger partial charge in [0.1, 0.15) is 11.6 Å². The first-order valence-electron chi connectivity index (χ1n) is 7.43. The molecule has 130 valence electrons. The molecule has 0 bridgehead atoms. The van der Waals surface area contributed by atoms with Gasteiger partial charge in [-0.05, 0) is 29.3 Å². The van der Waals surface area contributed by atoms with E-state index in [0.717, 1.165) is 23.3 Å². The van der Waals surface area contributed by atoms with Crippen LogP contribution in [0.15, 0.2) is 65.8 Å². The van der Waals surface area contributed by atoms with Gasteiger partial charge >= 0.3 is 0 Å². The lowest BCUT2D eigenvalue weighted by atomic mass is 10.1. The lowest BCUT2D eigenvalue weighted by Gasteiger charge is -2.08. The summed E-state index contributed by atoms with van der Waals surface area (Å²) in [5, 5.41) is 4.11. The summed E-state index contributed by atoms with van der Waals surface area (Å²) in [6.07, 6.45) is 3.54. The van der Waals surface area contributed by atoms with Crippen LogP contribution in [0.5, 0.6) is 0 Å². The van der Waals surface area contributed by atoms with Crippen molar-refractivity contribution in [1.82, 2.24) is 14.5 Å². The molecule has 8 heteroatoms. The van der Waals surface area contributed by atoms with E-state index in [2.05, 4.69) is 9.82 Å². The Bertz CT molecular complexity index is 936. The normalized spacial score (nSPS) is 11.6. The molecule has 1 aromatic heterocycles. The van der Waals surface area contributed by atoms with Gasteiger partial charge in [-0.2, -0.15) is 5.10 Å². The third kappa shape index (κ3) is 4.49. The van der Waals surface area contributed by atoms with E-state index in [1.165, 1.54) is 0 Å². The fourth-order valence-electron chi connectivity index (χ4n) is 2.29. The number of nitrogens with one attached hydrogen (secondary N) is 1. The van der Waals surface area contributed by atoms with Crippen LogP contribution in [0.1, 0.15) is 11.1 Å². The molecule has 1 N–H and O–H groups in total. The number of sulfonamides is 1. The van der Waals surface area contributed by atoms with Crippen molar-refractivity contribution in [2.75, 3.05) is 0 Å². The topological polar surface area (TPSA) is 64.0 Å². The highest BCUT2D eigenvalue weighted by atomic mass is 32.2. The van der Waals surface area contributed by atoms with E-state index in [1.54, 1.807) is 23.0 Å². The monoisotopic (exact) mass is 363 g/mol. The van der Waals surface area contributed by atoms with E-state index in [-0.39, 0.29) is 6.54 Å². The number of rotatable bonds is 6. The Morgan fingerprint density at radius 3 is 2.24 bits per heavy atom. The smallest absolute Gasteiger partial charge is 0.241 e. The largest absolute Gasteiger partial charge is 0.268 e. The van der Waals surface area contributed by atoms with Gasteiger partial charge in [-0.3, -0.25) is 4.68 Å². The van der Waals surface area contributed by atoms with Crippen molar-refractivity contribution < 1.29 is 17.2 Å². The number of nitrogens with zero attached hydrogens (tertiary/aromatic N) is 2. The first kappa shape index (κ1) is 17.2. The first-order valence-corrected chi connectivity index (χ1v) is 8.92. The number of benzene rings is 2. The van der Waals surface area contributed by atoms with Crippen molar-refractivity contribution in [2.24, 2.45) is 0 Å². The Morgan fingerprint density at radius 2 is 1.64 bits per heavy atom. The second-order valence-electron chi connectivity index (χ2n) is 5.45. The summed E-state index contributed by atoms with van der Waals surface area (Å²) in [5.41, 5.74) is 1.74. The SMILES string of the molecule is O=S(=O)(NCc1ccc(Cn2cccn2)cc1)c1cc(F)cc(F)c1. The molecule has 3 rings (SSSR count). The Hall–Kier alpha value is -2.58. The molecule has 0 radical (unpaired) electrons. The van der Waals surface area contributed by atoms with E-state index >= 15 is 0 Å². The van der Waals surface area contributed by atoms with Crippen molar-refractivity contribution in [3.63, 3.8) is 0 Å². The molecule has 0 fully saturated rings. The van der Waals surface area contributed by atoms with Crippen molar-refractivity contribution in [3.05, 3.63) is 83.7 Å². The highest BCUT2D eigenvalue weighted by molar-refractivity contribution is 7.89. The Balaban J connectivity index is 1.66. The number of hydrogen-bond donors (Lipinski definition) is 1. The fraction of sp³-hybridized carbons (Fsp3) is 0.118. The van der Waals surface area contributed by atoms with Gasteiger partial charge in [-0.15, -0.1) is 0 Å². The minimum absolute atomic E-state index is 0.0164. The lowest BCUT2D eigenvalue weighted by molar-refractivity contribution is 0.561. The molecule has 0 amide bonds. The number of halogens is 2. The van der Waals surface area contributed by atoms with Crippen LogP contribution in [0.2, 0.25) is 0 Å². The molecule has 1 heterocycles. The maximum atomic E-state index is 13.2. The van der Waals surface area contributed by atoms with Crippen molar-refractivity contribution >= 4 is 10.0 Å². The molecule has 3 aromatic rings. The van der Waals surface area contributed by atoms with Crippen LogP contribution in [0.25, 0.3) is 0 Å². The van der Waals surface area contributed by atoms with Crippen molar-refractivity contribution in [3.8, 4) is 0 Å². The maximum Gasteiger partial charge on any atom is 0.241 e. The van der Waals surface area contributed by atoms with Gasteiger partial charge in [-0.25, -0.2) is 21.9 Å². The molecule has 25 heavy (non-hydrogen) atoms. The Morgan fingerprint density at radius 1 is 1.00 bits per heavy atom. The van der Waals surface area contributed by atoms with Crippen LogP contribution in [0.3, 0.4) is 0 Å². The lowest BCUT2D eigenvalue weighted by Crippen LogP contribution is -2.23. The number of hydrogen-bond acceptors (Lipinski definition) is 3. The molecule has 2 aromatic carbocycles. The second kappa shape index (κ2) is 7.12. The quantitative estimate of drug-likeness (QED) is 0.732. The summed E-state index contributed by atoms with van der Waals surface area (Å²) >= 11 is 0. The molecule has 0 spiro atoms. The van der Waals surface area contributed by atoms with Crippen LogP contribution < -0.4 is 4.72 Å². The summed E-state index contributed by atoms with van der Waals surface area (Å²) in [7, 11) is -4.00. The molecular formula is C17H15F2N3O2S. The van der Waals surface area contributed by atoms with E-state index in [1.807, 2.05) is 24.4 Å². The van der Waals surface area contributed by atoms with Crippen LogP contribution in [0.4, 0.5) is 8.78 Å². The summed E-state index contributed by atoms with van der Waals surface area (Å²) < 4.78 is 54.7. The van der Waals surface area contributed by atoms with Gasteiger partial charge in [-0.1, -0.05) is 24.3 Å². The minimum atomic E-state index is -4.00. The van der Waals surface area contributed by atoms with Crippen LogP contribution in [0, 0.1) is 11.6 Å². The predicted molar refractivity (Wildman–Crippen MR) is 88.2 cm³/mol. The summed E-state index contributed by atoms with van der Waals surface area (Å²) in [6, 6.07) is 11.3. The highest BCUT2D eigenvalue weighted by Gasteiger charge is 2.16. The van der Waals surface area contributed by atoms with E-state index in [0.29, 0.717) is 12.6 Å². The summed E-state index contributed by atoms with van der Waals surface area (Å²) in [5.74, 6) is -1.88. The zero-order chi connectivity index (χ0) is 17.9. The van der Waals surface area contributed by atoms with Crippen molar-refractivity contribution in [2.45, 2.75) is 18.0 Å². The third-order valence-corrected chi connectivity index (χ3v) is 4.92. The Labute approximate surface area is 144 Å². The van der Waals surface area contributed by atoms with Gasteiger partial charge in [0, 0.05) is 25.0 Å². The maximum absolute atomic E-state index is 13.2. The highest BCUT2D eigenvalue weighted by Crippen LogP contribution is 2.14. The van der Waals surface area contributed by atoms with E-state index < -0.39 is 26.6 Å². The first-order chi connectivity index (χ1) is 11.9. The Kier molecular flexibility index (Phi) is 4.91. The molecule has 0 aliphatic heterocycles.